The summed E-state index contributed by atoms with van der Waals surface area (Å²) in [4.78, 5) is 4.21. The maximum absolute atomic E-state index is 12.2. The lowest BCUT2D eigenvalue weighted by Crippen LogP contribution is -2.19. The molecule has 1 aromatic heterocycles. The van der Waals surface area contributed by atoms with Crippen molar-refractivity contribution < 1.29 is 8.42 Å². The van der Waals surface area contributed by atoms with Crippen LogP contribution in [0.5, 0.6) is 0 Å². The van der Waals surface area contributed by atoms with Crippen LogP contribution in [-0.4, -0.2) is 19.2 Å². The third-order valence-corrected chi connectivity index (χ3v) is 4.77. The van der Waals surface area contributed by atoms with Crippen LogP contribution in [0.3, 0.4) is 0 Å². The Morgan fingerprint density at radius 1 is 1.19 bits per heavy atom. The highest BCUT2D eigenvalue weighted by atomic mass is 79.9. The summed E-state index contributed by atoms with van der Waals surface area (Å²) in [7, 11) is -3.40. The molecule has 0 fully saturated rings. The van der Waals surface area contributed by atoms with Crippen LogP contribution in [0.2, 0.25) is 0 Å². The molecule has 6 heteroatoms. The van der Waals surface area contributed by atoms with E-state index >= 15 is 0 Å². The summed E-state index contributed by atoms with van der Waals surface area (Å²) < 4.78 is 27.0. The Hall–Kier alpha value is -1.40. The van der Waals surface area contributed by atoms with E-state index in [9.17, 15) is 8.42 Å². The molecular weight excluding hydrogens is 352 g/mol. The van der Waals surface area contributed by atoms with Crippen molar-refractivity contribution in [3.05, 3.63) is 59.9 Å². The number of aryl methyl sites for hydroxylation is 1. The number of rotatable bonds is 6. The minimum atomic E-state index is -3.40. The van der Waals surface area contributed by atoms with Crippen LogP contribution in [0.4, 0.5) is 5.69 Å². The van der Waals surface area contributed by atoms with Crippen LogP contribution in [-0.2, 0) is 16.4 Å². The lowest BCUT2D eigenvalue weighted by molar-refractivity contribution is 0.600. The van der Waals surface area contributed by atoms with Crippen LogP contribution in [0.1, 0.15) is 23.0 Å². The Morgan fingerprint density at radius 3 is 2.57 bits per heavy atom. The number of anilines is 1. The Morgan fingerprint density at radius 2 is 1.90 bits per heavy atom. The van der Waals surface area contributed by atoms with E-state index in [0.29, 0.717) is 12.1 Å². The van der Waals surface area contributed by atoms with Crippen molar-refractivity contribution >= 4 is 31.6 Å². The lowest BCUT2D eigenvalue weighted by Gasteiger charge is -2.13. The van der Waals surface area contributed by atoms with E-state index in [2.05, 4.69) is 25.6 Å². The second kappa shape index (κ2) is 7.04. The molecule has 0 aliphatic carbocycles. The Balaban J connectivity index is 2.08. The maximum atomic E-state index is 12.2. The molecule has 2 rings (SSSR count). The first-order valence-corrected chi connectivity index (χ1v) is 9.18. The van der Waals surface area contributed by atoms with Gasteiger partial charge in [-0.05, 0) is 30.7 Å². The number of hydrogen-bond donors (Lipinski definition) is 1. The molecule has 2 aromatic rings. The number of alkyl halides is 1. The molecule has 1 heterocycles. The lowest BCUT2D eigenvalue weighted by atomic mass is 10.1. The van der Waals surface area contributed by atoms with Gasteiger partial charge < -0.3 is 0 Å². The first kappa shape index (κ1) is 16.0. The summed E-state index contributed by atoms with van der Waals surface area (Å²) >= 11 is 3.47. The zero-order chi connectivity index (χ0) is 15.3. The van der Waals surface area contributed by atoms with Gasteiger partial charge >= 0.3 is 0 Å². The summed E-state index contributed by atoms with van der Waals surface area (Å²) in [5, 5.41) is 0. The number of nitrogens with zero attached hydrogens (tertiary/aromatic N) is 1. The number of sulfonamides is 1. The first-order chi connectivity index (χ1) is 9.98. The summed E-state index contributed by atoms with van der Waals surface area (Å²) in [6.45, 7) is 1.96. The fourth-order valence-electron chi connectivity index (χ4n) is 1.94. The number of halogens is 1. The van der Waals surface area contributed by atoms with Crippen molar-refractivity contribution in [1.82, 2.24) is 4.98 Å². The van der Waals surface area contributed by atoms with Gasteiger partial charge in [-0.2, -0.15) is 0 Å². The number of nitrogens with one attached hydrogen (secondary N) is 1. The van der Waals surface area contributed by atoms with Gasteiger partial charge in [0.1, 0.15) is 0 Å². The first-order valence-electron chi connectivity index (χ1n) is 6.61. The molecule has 0 aliphatic rings. The van der Waals surface area contributed by atoms with E-state index in [4.69, 9.17) is 0 Å². The van der Waals surface area contributed by atoms with E-state index in [0.717, 1.165) is 11.3 Å². The molecule has 0 radical (unpaired) electrons. The van der Waals surface area contributed by atoms with Gasteiger partial charge in [-0.15, -0.1) is 0 Å². The van der Waals surface area contributed by atoms with Crippen LogP contribution < -0.4 is 4.72 Å². The molecule has 0 saturated heterocycles. The molecule has 0 bridgehead atoms. The average molecular weight is 369 g/mol. The normalized spacial score (nSPS) is 12.9. The number of benzene rings is 1. The molecule has 0 saturated carbocycles. The highest BCUT2D eigenvalue weighted by Gasteiger charge is 2.15. The minimum Gasteiger partial charge on any atom is -0.283 e. The standard InChI is InChI=1S/C15H17BrN2O2S/c1-12(16)14-7-2-3-8-15(14)18-21(19,20)11-9-13-6-4-5-10-17-13/h2-8,10,12,18H,9,11H2,1H3. The summed E-state index contributed by atoms with van der Waals surface area (Å²) in [5.41, 5.74) is 2.30. The van der Waals surface area contributed by atoms with Crippen molar-refractivity contribution in [1.29, 1.82) is 0 Å². The van der Waals surface area contributed by atoms with Gasteiger partial charge in [-0.1, -0.05) is 40.2 Å². The monoisotopic (exact) mass is 368 g/mol. The van der Waals surface area contributed by atoms with Gasteiger partial charge in [0.2, 0.25) is 10.0 Å². The van der Waals surface area contributed by atoms with Crippen LogP contribution in [0.25, 0.3) is 0 Å². The van der Waals surface area contributed by atoms with Gasteiger partial charge in [0.15, 0.2) is 0 Å². The number of aromatic nitrogens is 1. The van der Waals surface area contributed by atoms with Crippen molar-refractivity contribution in [2.45, 2.75) is 18.2 Å². The Kier molecular flexibility index (Phi) is 5.36. The molecule has 1 unspecified atom stereocenters. The third kappa shape index (κ3) is 4.82. The van der Waals surface area contributed by atoms with Gasteiger partial charge in [-0.25, -0.2) is 8.42 Å². The van der Waals surface area contributed by atoms with Gasteiger partial charge in [0.25, 0.3) is 0 Å². The molecule has 4 nitrogen and oxygen atoms in total. The second-order valence-electron chi connectivity index (χ2n) is 4.70. The van der Waals surface area contributed by atoms with Crippen molar-refractivity contribution in [2.24, 2.45) is 0 Å². The van der Waals surface area contributed by atoms with E-state index in [1.165, 1.54) is 0 Å². The SMILES string of the molecule is CC(Br)c1ccccc1NS(=O)(=O)CCc1ccccn1. The van der Waals surface area contributed by atoms with E-state index < -0.39 is 10.0 Å². The van der Waals surface area contributed by atoms with Crippen LogP contribution >= 0.6 is 15.9 Å². The fraction of sp³-hybridized carbons (Fsp3) is 0.267. The molecule has 0 amide bonds. The highest BCUT2D eigenvalue weighted by molar-refractivity contribution is 9.09. The summed E-state index contributed by atoms with van der Waals surface area (Å²) in [5.74, 6) is 0.00894. The van der Waals surface area contributed by atoms with E-state index in [-0.39, 0.29) is 10.6 Å². The quantitative estimate of drug-likeness (QED) is 0.793. The fourth-order valence-corrected chi connectivity index (χ4v) is 3.44. The van der Waals surface area contributed by atoms with Crippen molar-refractivity contribution in [2.75, 3.05) is 10.5 Å². The Labute approximate surface area is 133 Å². The molecule has 0 spiro atoms. The molecular formula is C15H17BrN2O2S. The largest absolute Gasteiger partial charge is 0.283 e. The van der Waals surface area contributed by atoms with Crippen LogP contribution in [0.15, 0.2) is 48.7 Å². The second-order valence-corrected chi connectivity index (χ2v) is 7.91. The predicted octanol–water partition coefficient (Wildman–Crippen LogP) is 3.52. The number of hydrogen-bond acceptors (Lipinski definition) is 3. The average Bonchev–Trinajstić information content (AvgIpc) is 2.46. The highest BCUT2D eigenvalue weighted by Crippen LogP contribution is 2.29. The topological polar surface area (TPSA) is 59.1 Å². The van der Waals surface area contributed by atoms with Crippen LogP contribution in [0, 0.1) is 0 Å². The predicted molar refractivity (Wildman–Crippen MR) is 89.1 cm³/mol. The molecule has 21 heavy (non-hydrogen) atoms. The van der Waals surface area contributed by atoms with Crippen molar-refractivity contribution in [3.63, 3.8) is 0 Å². The maximum Gasteiger partial charge on any atom is 0.233 e. The van der Waals surface area contributed by atoms with E-state index in [1.807, 2.05) is 43.3 Å². The molecule has 112 valence electrons. The van der Waals surface area contributed by atoms with Gasteiger partial charge in [0.05, 0.1) is 11.4 Å². The van der Waals surface area contributed by atoms with Crippen molar-refractivity contribution in [3.8, 4) is 0 Å². The van der Waals surface area contributed by atoms with E-state index in [1.54, 1.807) is 12.3 Å². The minimum absolute atomic E-state index is 0.00894. The molecule has 1 atom stereocenters. The summed E-state index contributed by atoms with van der Waals surface area (Å²) in [6.07, 6.45) is 2.05. The zero-order valence-corrected chi connectivity index (χ0v) is 14.1. The smallest absolute Gasteiger partial charge is 0.233 e. The third-order valence-electron chi connectivity index (χ3n) is 3.01. The molecule has 1 aromatic carbocycles. The molecule has 1 N–H and O–H groups in total. The zero-order valence-electron chi connectivity index (χ0n) is 11.7. The van der Waals surface area contributed by atoms with Gasteiger partial charge in [-0.3, -0.25) is 9.71 Å². The summed E-state index contributed by atoms with van der Waals surface area (Å²) in [6, 6.07) is 12.9. The molecule has 0 aliphatic heterocycles. The Bertz CT molecular complexity index is 688. The number of pyridine rings is 1. The van der Waals surface area contributed by atoms with Gasteiger partial charge in [0, 0.05) is 23.1 Å². The number of para-hydroxylation sites is 1.